The number of oxazole rings is 1. The fraction of sp³-hybridized carbons (Fsp3) is 0.476. The van der Waals surface area contributed by atoms with Gasteiger partial charge in [-0.25, -0.2) is 9.37 Å². The minimum Gasteiger partial charge on any atom is -0.449 e. The fourth-order valence-corrected chi connectivity index (χ4v) is 4.16. The van der Waals surface area contributed by atoms with Gasteiger partial charge < -0.3 is 8.84 Å². The molecule has 0 N–H and O–H groups in total. The Balaban J connectivity index is 2.24. The summed E-state index contributed by atoms with van der Waals surface area (Å²) in [5.41, 5.74) is 1.68. The van der Waals surface area contributed by atoms with Gasteiger partial charge in [-0.3, -0.25) is 0 Å². The molecule has 6 heteroatoms. The molecule has 1 aromatic carbocycles. The van der Waals surface area contributed by atoms with Crippen LogP contribution in [-0.4, -0.2) is 19.4 Å². The number of aromatic nitrogens is 1. The van der Waals surface area contributed by atoms with E-state index in [1.807, 2.05) is 18.2 Å². The predicted molar refractivity (Wildman–Crippen MR) is 117 cm³/mol. The lowest BCUT2D eigenvalue weighted by atomic mass is 10.1. The lowest BCUT2D eigenvalue weighted by Crippen LogP contribution is -2.44. The smallest absolute Gasteiger partial charge is 0.193 e. The minimum absolute atomic E-state index is 0.00846. The molecule has 0 bridgehead atoms. The third-order valence-electron chi connectivity index (χ3n) is 5.20. The van der Waals surface area contributed by atoms with E-state index in [-0.39, 0.29) is 10.9 Å². The summed E-state index contributed by atoms with van der Waals surface area (Å²) in [5, 5.41) is 1.15. The minimum atomic E-state index is -2.12. The number of aryl methyl sites for hydroxylation is 2. The van der Waals surface area contributed by atoms with Crippen LogP contribution in [0.25, 0.3) is 6.08 Å². The molecule has 0 amide bonds. The monoisotopic (exact) mass is 407 g/mol. The summed E-state index contributed by atoms with van der Waals surface area (Å²) in [6.45, 7) is 12.5. The van der Waals surface area contributed by atoms with E-state index in [0.29, 0.717) is 18.0 Å². The summed E-state index contributed by atoms with van der Waals surface area (Å²) in [4.78, 5) is 4.18. The SMILES string of the molecule is Cc1nc(C=C(F)[C@H](CCc2ccccc2P)O[Si](C)(C)C(C)(C)C)co1. The first-order valence-electron chi connectivity index (χ1n) is 9.30. The maximum Gasteiger partial charge on any atom is 0.193 e. The summed E-state index contributed by atoms with van der Waals surface area (Å²) in [7, 11) is 0.622. The lowest BCUT2D eigenvalue weighted by molar-refractivity contribution is 0.180. The van der Waals surface area contributed by atoms with Crippen molar-refractivity contribution in [2.75, 3.05) is 0 Å². The maximum atomic E-state index is 15.2. The van der Waals surface area contributed by atoms with Gasteiger partial charge in [-0.05, 0) is 41.8 Å². The zero-order valence-corrected chi connectivity index (χ0v) is 19.3. The van der Waals surface area contributed by atoms with Crippen molar-refractivity contribution in [3.05, 3.63) is 53.5 Å². The maximum absolute atomic E-state index is 15.2. The van der Waals surface area contributed by atoms with Crippen molar-refractivity contribution < 1.29 is 13.2 Å². The molecule has 148 valence electrons. The molecule has 0 radical (unpaired) electrons. The molecule has 0 aliphatic carbocycles. The Bertz CT molecular complexity index is 795. The molecule has 1 heterocycles. The van der Waals surface area contributed by atoms with Crippen LogP contribution in [0.15, 0.2) is 40.8 Å². The standard InChI is InChI=1S/C21H31FNO2PSi/c1-15-23-17(14-24-15)13-18(22)19(25-27(5,6)21(2,3)4)12-11-16-9-7-8-10-20(16)26/h7-10,13-14,19H,11-12,26H2,1-6H3/t19-/m0/s1. The second kappa shape index (κ2) is 8.81. The van der Waals surface area contributed by atoms with E-state index in [9.17, 15) is 0 Å². The van der Waals surface area contributed by atoms with Gasteiger partial charge in [-0.2, -0.15) is 0 Å². The van der Waals surface area contributed by atoms with E-state index in [1.54, 1.807) is 6.92 Å². The van der Waals surface area contributed by atoms with Gasteiger partial charge in [-0.15, -0.1) is 9.24 Å². The first kappa shape index (κ1) is 22.0. The molecule has 0 saturated heterocycles. The average molecular weight is 408 g/mol. The van der Waals surface area contributed by atoms with Gasteiger partial charge in [0.05, 0.1) is 6.10 Å². The van der Waals surface area contributed by atoms with Gasteiger partial charge in [-0.1, -0.05) is 45.0 Å². The molecular weight excluding hydrogens is 376 g/mol. The van der Waals surface area contributed by atoms with Gasteiger partial charge in [0.15, 0.2) is 14.2 Å². The van der Waals surface area contributed by atoms with Crippen LogP contribution in [0.3, 0.4) is 0 Å². The highest BCUT2D eigenvalue weighted by Gasteiger charge is 2.40. The lowest BCUT2D eigenvalue weighted by Gasteiger charge is -2.39. The molecule has 0 aliphatic rings. The van der Waals surface area contributed by atoms with Crippen molar-refractivity contribution in [1.29, 1.82) is 0 Å². The van der Waals surface area contributed by atoms with Gasteiger partial charge in [0, 0.05) is 13.0 Å². The largest absolute Gasteiger partial charge is 0.449 e. The summed E-state index contributed by atoms with van der Waals surface area (Å²) >= 11 is 0. The van der Waals surface area contributed by atoms with Gasteiger partial charge >= 0.3 is 0 Å². The number of nitrogens with zero attached hydrogens (tertiary/aromatic N) is 1. The van der Waals surface area contributed by atoms with Crippen LogP contribution in [0.1, 0.15) is 44.3 Å². The molecule has 2 rings (SSSR count). The van der Waals surface area contributed by atoms with Gasteiger partial charge in [0.25, 0.3) is 0 Å². The van der Waals surface area contributed by atoms with Crippen LogP contribution in [-0.2, 0) is 10.8 Å². The molecule has 0 fully saturated rings. The van der Waals surface area contributed by atoms with Crippen LogP contribution < -0.4 is 5.30 Å². The highest BCUT2D eigenvalue weighted by Crippen LogP contribution is 2.39. The molecule has 1 unspecified atom stereocenters. The molecule has 1 aromatic heterocycles. The van der Waals surface area contributed by atoms with Crippen LogP contribution in [0.2, 0.25) is 18.1 Å². The molecule has 0 aliphatic heterocycles. The van der Waals surface area contributed by atoms with Crippen LogP contribution in [0, 0.1) is 6.92 Å². The zero-order chi connectivity index (χ0) is 20.2. The number of benzene rings is 1. The van der Waals surface area contributed by atoms with Crippen molar-refractivity contribution in [1.82, 2.24) is 4.98 Å². The molecular formula is C21H31FNO2PSi. The van der Waals surface area contributed by atoms with Crippen LogP contribution in [0.5, 0.6) is 0 Å². The Morgan fingerprint density at radius 2 is 2.00 bits per heavy atom. The van der Waals surface area contributed by atoms with Crippen molar-refractivity contribution in [3.63, 3.8) is 0 Å². The Morgan fingerprint density at radius 1 is 1.33 bits per heavy atom. The topological polar surface area (TPSA) is 35.3 Å². The van der Waals surface area contributed by atoms with Gasteiger partial charge in [0.2, 0.25) is 0 Å². The molecule has 3 nitrogen and oxygen atoms in total. The predicted octanol–water partition coefficient (Wildman–Crippen LogP) is 5.82. The summed E-state index contributed by atoms with van der Waals surface area (Å²) in [6, 6.07) is 8.14. The first-order chi connectivity index (χ1) is 12.5. The molecule has 2 atom stereocenters. The van der Waals surface area contributed by atoms with Crippen molar-refractivity contribution >= 4 is 28.9 Å². The van der Waals surface area contributed by atoms with Gasteiger partial charge in [0.1, 0.15) is 17.8 Å². The zero-order valence-electron chi connectivity index (χ0n) is 17.2. The van der Waals surface area contributed by atoms with E-state index in [2.05, 4.69) is 54.2 Å². The van der Waals surface area contributed by atoms with Crippen molar-refractivity contribution in [3.8, 4) is 0 Å². The Hall–Kier alpha value is -1.29. The Morgan fingerprint density at radius 3 is 2.56 bits per heavy atom. The van der Waals surface area contributed by atoms with Crippen LogP contribution in [0.4, 0.5) is 4.39 Å². The summed E-state index contributed by atoms with van der Waals surface area (Å²) < 4.78 is 26.8. The molecule has 0 spiro atoms. The van der Waals surface area contributed by atoms with E-state index in [1.165, 1.54) is 17.9 Å². The fourth-order valence-electron chi connectivity index (χ4n) is 2.51. The molecule has 2 aromatic rings. The number of hydrogen-bond donors (Lipinski definition) is 0. The Kier molecular flexibility index (Phi) is 7.18. The highest BCUT2D eigenvalue weighted by atomic mass is 31.0. The molecule has 0 saturated carbocycles. The quantitative estimate of drug-likeness (QED) is 0.429. The second-order valence-corrected chi connectivity index (χ2v) is 13.8. The van der Waals surface area contributed by atoms with E-state index >= 15 is 4.39 Å². The average Bonchev–Trinajstić information content (AvgIpc) is 2.96. The number of rotatable bonds is 7. The van der Waals surface area contributed by atoms with E-state index in [0.717, 1.165) is 11.7 Å². The molecule has 27 heavy (non-hydrogen) atoms. The first-order valence-corrected chi connectivity index (χ1v) is 12.8. The highest BCUT2D eigenvalue weighted by molar-refractivity contribution is 7.27. The number of hydrogen-bond acceptors (Lipinski definition) is 3. The van der Waals surface area contributed by atoms with E-state index in [4.69, 9.17) is 8.84 Å². The van der Waals surface area contributed by atoms with Crippen molar-refractivity contribution in [2.45, 2.75) is 64.8 Å². The normalized spacial score (nSPS) is 14.4. The summed E-state index contributed by atoms with van der Waals surface area (Å²) in [5.74, 6) is 0.224. The van der Waals surface area contributed by atoms with Crippen LogP contribution >= 0.6 is 9.24 Å². The third kappa shape index (κ3) is 6.10. The second-order valence-electron chi connectivity index (χ2n) is 8.42. The Labute approximate surface area is 165 Å². The summed E-state index contributed by atoms with van der Waals surface area (Å²) in [6.07, 6.45) is 3.64. The van der Waals surface area contributed by atoms with Crippen molar-refractivity contribution in [2.24, 2.45) is 0 Å². The van der Waals surface area contributed by atoms with E-state index < -0.39 is 14.4 Å². The third-order valence-corrected chi connectivity index (χ3v) is 10.3. The number of halogens is 1.